The molecule has 0 fully saturated rings. The number of amides is 1. The van der Waals surface area contributed by atoms with E-state index in [1.807, 2.05) is 30.5 Å². The van der Waals surface area contributed by atoms with Gasteiger partial charge in [-0.25, -0.2) is 0 Å². The molecule has 140 valence electrons. The van der Waals surface area contributed by atoms with E-state index in [0.29, 0.717) is 22.3 Å². The summed E-state index contributed by atoms with van der Waals surface area (Å²) in [6.45, 7) is 6.41. The molecule has 1 atom stereocenters. The molecule has 0 radical (unpaired) electrons. The van der Waals surface area contributed by atoms with E-state index < -0.39 is 5.25 Å². The van der Waals surface area contributed by atoms with Crippen LogP contribution in [0.2, 0.25) is 0 Å². The van der Waals surface area contributed by atoms with Crippen molar-refractivity contribution in [2.45, 2.75) is 43.6 Å². The molecule has 0 aromatic carbocycles. The van der Waals surface area contributed by atoms with Crippen molar-refractivity contribution < 1.29 is 9.21 Å². The average Bonchev–Trinajstić information content (AvgIpc) is 3.37. The number of nitriles is 1. The summed E-state index contributed by atoms with van der Waals surface area (Å²) in [5.41, 5.74) is 0.466. The zero-order valence-corrected chi connectivity index (χ0v) is 16.8. The van der Waals surface area contributed by atoms with Crippen LogP contribution in [0.3, 0.4) is 0 Å². The quantitative estimate of drug-likeness (QED) is 0.599. The Bertz CT molecular complexity index is 953. The summed E-state index contributed by atoms with van der Waals surface area (Å²) in [5, 5.41) is 23.1. The molecule has 0 saturated heterocycles. The molecule has 3 rings (SSSR count). The lowest BCUT2D eigenvalue weighted by atomic mass is 10.2. The summed E-state index contributed by atoms with van der Waals surface area (Å²) in [6.07, 6.45) is 1.63. The SMILES string of the molecule is CC(Sc1nnc(C(C)C)n1Cc1ccco1)C(=O)Nc1sccc1C#N. The summed E-state index contributed by atoms with van der Waals surface area (Å²) in [5.74, 6) is 1.65. The van der Waals surface area contributed by atoms with E-state index in [9.17, 15) is 4.79 Å². The van der Waals surface area contributed by atoms with Gasteiger partial charge in [0.15, 0.2) is 5.16 Å². The fourth-order valence-electron chi connectivity index (χ4n) is 2.44. The number of hydrogen-bond donors (Lipinski definition) is 1. The molecule has 1 amide bonds. The fourth-order valence-corrected chi connectivity index (χ4v) is 4.04. The van der Waals surface area contributed by atoms with Crippen LogP contribution in [0.1, 0.15) is 43.8 Å². The van der Waals surface area contributed by atoms with Crippen LogP contribution < -0.4 is 5.32 Å². The second-order valence-corrected chi connectivity index (χ2v) is 8.41. The Balaban J connectivity index is 1.76. The van der Waals surface area contributed by atoms with Crippen LogP contribution in [0.4, 0.5) is 5.00 Å². The van der Waals surface area contributed by atoms with Gasteiger partial charge in [0.2, 0.25) is 5.91 Å². The highest BCUT2D eigenvalue weighted by atomic mass is 32.2. The predicted molar refractivity (Wildman–Crippen MR) is 105 cm³/mol. The van der Waals surface area contributed by atoms with E-state index in [1.54, 1.807) is 24.6 Å². The summed E-state index contributed by atoms with van der Waals surface area (Å²) < 4.78 is 7.43. The van der Waals surface area contributed by atoms with Crippen LogP contribution in [-0.4, -0.2) is 25.9 Å². The number of furan rings is 1. The van der Waals surface area contributed by atoms with Crippen molar-refractivity contribution in [2.75, 3.05) is 5.32 Å². The molecule has 1 N–H and O–H groups in total. The van der Waals surface area contributed by atoms with Crippen LogP contribution in [0.5, 0.6) is 0 Å². The number of carbonyl (C=O) groups is 1. The Morgan fingerprint density at radius 2 is 2.22 bits per heavy atom. The van der Waals surface area contributed by atoms with Crippen LogP contribution in [0, 0.1) is 11.3 Å². The highest BCUT2D eigenvalue weighted by Crippen LogP contribution is 2.28. The van der Waals surface area contributed by atoms with E-state index in [2.05, 4.69) is 21.6 Å². The van der Waals surface area contributed by atoms with Gasteiger partial charge in [0.25, 0.3) is 0 Å². The molecule has 0 aliphatic heterocycles. The highest BCUT2D eigenvalue weighted by Gasteiger charge is 2.22. The first-order valence-electron chi connectivity index (χ1n) is 8.40. The molecule has 0 bridgehead atoms. The molecule has 0 aliphatic carbocycles. The van der Waals surface area contributed by atoms with Gasteiger partial charge in [-0.2, -0.15) is 5.26 Å². The van der Waals surface area contributed by atoms with Crippen LogP contribution in [0.25, 0.3) is 0 Å². The lowest BCUT2D eigenvalue weighted by Crippen LogP contribution is -2.23. The molecule has 0 saturated carbocycles. The summed E-state index contributed by atoms with van der Waals surface area (Å²) >= 11 is 2.66. The standard InChI is InChI=1S/C18H19N5O2S2/c1-11(2)15-21-22-18(23(15)10-14-5-4-7-25-14)27-12(3)16(24)20-17-13(9-19)6-8-26-17/h4-8,11-12H,10H2,1-3H3,(H,20,24). The number of aromatic nitrogens is 3. The van der Waals surface area contributed by atoms with Gasteiger partial charge in [-0.05, 0) is 30.5 Å². The van der Waals surface area contributed by atoms with Crippen molar-refractivity contribution in [3.63, 3.8) is 0 Å². The molecule has 27 heavy (non-hydrogen) atoms. The number of thiophene rings is 1. The second kappa shape index (κ2) is 8.41. The molecule has 9 heteroatoms. The zero-order valence-electron chi connectivity index (χ0n) is 15.2. The fraction of sp³-hybridized carbons (Fsp3) is 0.333. The maximum Gasteiger partial charge on any atom is 0.238 e. The van der Waals surface area contributed by atoms with Crippen molar-refractivity contribution in [1.82, 2.24) is 14.8 Å². The summed E-state index contributed by atoms with van der Waals surface area (Å²) in [7, 11) is 0. The maximum absolute atomic E-state index is 12.5. The predicted octanol–water partition coefficient (Wildman–Crippen LogP) is 4.10. The van der Waals surface area contributed by atoms with E-state index in [-0.39, 0.29) is 11.8 Å². The van der Waals surface area contributed by atoms with Gasteiger partial charge in [0.05, 0.1) is 23.6 Å². The Labute approximate surface area is 165 Å². The van der Waals surface area contributed by atoms with Gasteiger partial charge < -0.3 is 9.73 Å². The van der Waals surface area contributed by atoms with Gasteiger partial charge >= 0.3 is 0 Å². The van der Waals surface area contributed by atoms with Crippen LogP contribution in [-0.2, 0) is 11.3 Å². The third-order valence-electron chi connectivity index (χ3n) is 3.83. The Kier molecular flexibility index (Phi) is 5.98. The van der Waals surface area contributed by atoms with E-state index in [4.69, 9.17) is 9.68 Å². The maximum atomic E-state index is 12.5. The lowest BCUT2D eigenvalue weighted by Gasteiger charge is -2.13. The van der Waals surface area contributed by atoms with Gasteiger partial charge in [0, 0.05) is 5.92 Å². The minimum Gasteiger partial charge on any atom is -0.467 e. The number of anilines is 1. The molecule has 0 spiro atoms. The molecule has 1 unspecified atom stereocenters. The normalized spacial score (nSPS) is 12.1. The van der Waals surface area contributed by atoms with Crippen molar-refractivity contribution >= 4 is 34.0 Å². The third kappa shape index (κ3) is 4.40. The number of hydrogen-bond acceptors (Lipinski definition) is 7. The largest absolute Gasteiger partial charge is 0.467 e. The summed E-state index contributed by atoms with van der Waals surface area (Å²) in [6, 6.07) is 7.50. The average molecular weight is 402 g/mol. The molecule has 3 heterocycles. The van der Waals surface area contributed by atoms with Crippen molar-refractivity contribution in [2.24, 2.45) is 0 Å². The number of carbonyl (C=O) groups excluding carboxylic acids is 1. The van der Waals surface area contributed by atoms with Crippen LogP contribution >= 0.6 is 23.1 Å². The van der Waals surface area contributed by atoms with Crippen molar-refractivity contribution in [1.29, 1.82) is 5.26 Å². The van der Waals surface area contributed by atoms with E-state index in [1.165, 1.54) is 23.1 Å². The highest BCUT2D eigenvalue weighted by molar-refractivity contribution is 8.00. The van der Waals surface area contributed by atoms with Crippen molar-refractivity contribution in [3.8, 4) is 6.07 Å². The number of rotatable bonds is 7. The minimum atomic E-state index is -0.404. The van der Waals surface area contributed by atoms with Gasteiger partial charge in [-0.1, -0.05) is 25.6 Å². The van der Waals surface area contributed by atoms with Gasteiger partial charge in [-0.3, -0.25) is 9.36 Å². The topological polar surface area (TPSA) is 96.7 Å². The molecule has 3 aromatic rings. The third-order valence-corrected chi connectivity index (χ3v) is 5.74. The Morgan fingerprint density at radius 1 is 1.41 bits per heavy atom. The molecular weight excluding hydrogens is 382 g/mol. The first-order valence-corrected chi connectivity index (χ1v) is 10.2. The molecule has 0 aliphatic rings. The number of nitrogens with one attached hydrogen (secondary N) is 1. The smallest absolute Gasteiger partial charge is 0.238 e. The number of thioether (sulfide) groups is 1. The van der Waals surface area contributed by atoms with E-state index >= 15 is 0 Å². The van der Waals surface area contributed by atoms with E-state index in [0.717, 1.165) is 11.6 Å². The summed E-state index contributed by atoms with van der Waals surface area (Å²) in [4.78, 5) is 12.5. The Morgan fingerprint density at radius 3 is 2.89 bits per heavy atom. The lowest BCUT2D eigenvalue weighted by molar-refractivity contribution is -0.115. The molecule has 7 nitrogen and oxygen atoms in total. The second-order valence-electron chi connectivity index (χ2n) is 6.19. The monoisotopic (exact) mass is 401 g/mol. The van der Waals surface area contributed by atoms with Gasteiger partial charge in [0.1, 0.15) is 22.7 Å². The van der Waals surface area contributed by atoms with Gasteiger partial charge in [-0.15, -0.1) is 21.5 Å². The number of nitrogens with zero attached hydrogens (tertiary/aromatic N) is 4. The first kappa shape index (κ1) is 19.2. The first-order chi connectivity index (χ1) is 13.0. The molecule has 3 aromatic heterocycles. The minimum absolute atomic E-state index is 0.183. The van der Waals surface area contributed by atoms with Crippen LogP contribution in [0.15, 0.2) is 39.4 Å². The molecular formula is C18H19N5O2S2. The Hall–Kier alpha value is -2.57. The zero-order chi connectivity index (χ0) is 19.4. The van der Waals surface area contributed by atoms with Crippen molar-refractivity contribution in [3.05, 3.63) is 47.0 Å².